The van der Waals surface area contributed by atoms with Crippen molar-refractivity contribution in [3.8, 4) is 5.75 Å². The summed E-state index contributed by atoms with van der Waals surface area (Å²) in [7, 11) is 0. The first kappa shape index (κ1) is 15.7. The minimum atomic E-state index is -2.90. The van der Waals surface area contributed by atoms with E-state index < -0.39 is 6.61 Å². The number of hydrogen-bond acceptors (Lipinski definition) is 3. The van der Waals surface area contributed by atoms with Crippen LogP contribution in [0.3, 0.4) is 0 Å². The number of amides is 1. The molecular formula is C15H20F2N2O2. The predicted molar refractivity (Wildman–Crippen MR) is 75.4 cm³/mol. The van der Waals surface area contributed by atoms with E-state index in [1.807, 2.05) is 0 Å². The molecule has 1 aliphatic rings. The van der Waals surface area contributed by atoms with Gasteiger partial charge in [-0.3, -0.25) is 4.79 Å². The molecule has 0 aliphatic heterocycles. The summed E-state index contributed by atoms with van der Waals surface area (Å²) in [5.41, 5.74) is 5.95. The highest BCUT2D eigenvalue weighted by atomic mass is 19.3. The second kappa shape index (κ2) is 7.36. The van der Waals surface area contributed by atoms with Crippen LogP contribution < -0.4 is 10.5 Å². The number of nitrogens with zero attached hydrogens (tertiary/aromatic N) is 1. The van der Waals surface area contributed by atoms with E-state index in [2.05, 4.69) is 4.74 Å². The van der Waals surface area contributed by atoms with Gasteiger partial charge < -0.3 is 15.4 Å². The van der Waals surface area contributed by atoms with Gasteiger partial charge >= 0.3 is 6.61 Å². The van der Waals surface area contributed by atoms with E-state index in [1.165, 1.54) is 12.1 Å². The Bertz CT molecular complexity index is 476. The van der Waals surface area contributed by atoms with E-state index in [4.69, 9.17) is 5.73 Å². The summed E-state index contributed by atoms with van der Waals surface area (Å²) >= 11 is 0. The normalized spacial score (nSPS) is 15.4. The van der Waals surface area contributed by atoms with Crippen molar-refractivity contribution >= 4 is 5.91 Å². The second-order valence-electron chi connectivity index (χ2n) is 5.13. The largest absolute Gasteiger partial charge is 0.435 e. The number of carbonyl (C=O) groups is 1. The van der Waals surface area contributed by atoms with Crippen molar-refractivity contribution in [2.24, 2.45) is 5.73 Å². The zero-order valence-corrected chi connectivity index (χ0v) is 11.8. The van der Waals surface area contributed by atoms with E-state index >= 15 is 0 Å². The quantitative estimate of drug-likeness (QED) is 0.878. The fraction of sp³-hybridized carbons (Fsp3) is 0.533. The van der Waals surface area contributed by atoms with Gasteiger partial charge in [-0.2, -0.15) is 8.78 Å². The molecule has 116 valence electrons. The second-order valence-corrected chi connectivity index (χ2v) is 5.13. The van der Waals surface area contributed by atoms with Gasteiger partial charge in [0.15, 0.2) is 0 Å². The third-order valence-corrected chi connectivity index (χ3v) is 3.70. The first-order valence-electron chi connectivity index (χ1n) is 7.17. The molecule has 0 unspecified atom stereocenters. The lowest BCUT2D eigenvalue weighted by Gasteiger charge is -2.28. The summed E-state index contributed by atoms with van der Waals surface area (Å²) in [5.74, 6) is -0.179. The summed E-state index contributed by atoms with van der Waals surface area (Å²) in [6.45, 7) is -2.04. The Labute approximate surface area is 122 Å². The summed E-state index contributed by atoms with van der Waals surface area (Å²) in [4.78, 5) is 14.3. The molecule has 2 N–H and O–H groups in total. The molecule has 21 heavy (non-hydrogen) atoms. The maximum Gasteiger partial charge on any atom is 0.387 e. The first-order valence-corrected chi connectivity index (χ1v) is 7.17. The monoisotopic (exact) mass is 298 g/mol. The summed E-state index contributed by atoms with van der Waals surface area (Å²) in [6, 6.07) is 6.11. The molecule has 0 radical (unpaired) electrons. The number of alkyl halides is 2. The van der Waals surface area contributed by atoms with Crippen LogP contribution in [0.4, 0.5) is 8.78 Å². The summed E-state index contributed by atoms with van der Waals surface area (Å²) < 4.78 is 28.8. The van der Waals surface area contributed by atoms with E-state index in [9.17, 15) is 13.6 Å². The van der Waals surface area contributed by atoms with Gasteiger partial charge in [0.25, 0.3) is 5.91 Å². The molecule has 1 aromatic rings. The Morgan fingerprint density at radius 2 is 2.10 bits per heavy atom. The van der Waals surface area contributed by atoms with Crippen LogP contribution in [0.2, 0.25) is 0 Å². The Morgan fingerprint density at radius 1 is 1.38 bits per heavy atom. The Morgan fingerprint density at radius 3 is 2.71 bits per heavy atom. The number of hydrogen-bond donors (Lipinski definition) is 1. The highest BCUT2D eigenvalue weighted by Gasteiger charge is 2.27. The average Bonchev–Trinajstić information content (AvgIpc) is 2.97. The lowest BCUT2D eigenvalue weighted by molar-refractivity contribution is -0.0499. The van der Waals surface area contributed by atoms with Gasteiger partial charge in [0, 0.05) is 24.7 Å². The molecule has 4 nitrogen and oxygen atoms in total. The van der Waals surface area contributed by atoms with Crippen LogP contribution in [0.5, 0.6) is 5.75 Å². The van der Waals surface area contributed by atoms with Crippen LogP contribution in [0.1, 0.15) is 36.0 Å². The molecule has 1 saturated carbocycles. The number of ether oxygens (including phenoxy) is 1. The third-order valence-electron chi connectivity index (χ3n) is 3.70. The molecule has 0 spiro atoms. The van der Waals surface area contributed by atoms with Crippen LogP contribution in [0.15, 0.2) is 24.3 Å². The van der Waals surface area contributed by atoms with Gasteiger partial charge in [0.05, 0.1) is 0 Å². The average molecular weight is 298 g/mol. The predicted octanol–water partition coefficient (Wildman–Crippen LogP) is 2.63. The molecule has 0 heterocycles. The highest BCUT2D eigenvalue weighted by Crippen LogP contribution is 2.25. The Kier molecular flexibility index (Phi) is 5.50. The number of halogens is 2. The van der Waals surface area contributed by atoms with Crippen molar-refractivity contribution in [3.05, 3.63) is 29.8 Å². The van der Waals surface area contributed by atoms with Crippen molar-refractivity contribution < 1.29 is 18.3 Å². The van der Waals surface area contributed by atoms with Crippen molar-refractivity contribution in [2.75, 3.05) is 13.1 Å². The van der Waals surface area contributed by atoms with Gasteiger partial charge in [-0.05, 0) is 31.0 Å². The molecular weight excluding hydrogens is 278 g/mol. The standard InChI is InChI=1S/C15H20F2N2O2/c16-15(17)21-13-7-3-4-11(10-13)14(20)19(9-8-18)12-5-1-2-6-12/h3-4,7,10,12,15H,1-2,5-6,8-9,18H2. The van der Waals surface area contributed by atoms with Gasteiger partial charge in [0.2, 0.25) is 0 Å². The van der Waals surface area contributed by atoms with E-state index in [-0.39, 0.29) is 17.7 Å². The van der Waals surface area contributed by atoms with Crippen LogP contribution >= 0.6 is 0 Å². The summed E-state index contributed by atoms with van der Waals surface area (Å²) in [6.07, 6.45) is 4.15. The van der Waals surface area contributed by atoms with Crippen molar-refractivity contribution in [1.29, 1.82) is 0 Å². The molecule has 1 aromatic carbocycles. The number of benzene rings is 1. The first-order chi connectivity index (χ1) is 10.1. The molecule has 1 amide bonds. The number of nitrogens with two attached hydrogens (primary N) is 1. The Balaban J connectivity index is 2.15. The van der Waals surface area contributed by atoms with Crippen molar-refractivity contribution in [1.82, 2.24) is 4.90 Å². The molecule has 6 heteroatoms. The maximum atomic E-state index is 12.6. The topological polar surface area (TPSA) is 55.6 Å². The van der Waals surface area contributed by atoms with E-state index in [1.54, 1.807) is 17.0 Å². The number of rotatable bonds is 6. The summed E-state index contributed by atoms with van der Waals surface area (Å²) in [5, 5.41) is 0. The SMILES string of the molecule is NCCN(C(=O)c1cccc(OC(F)F)c1)C1CCCC1. The van der Waals surface area contributed by atoms with Crippen LogP contribution in [0.25, 0.3) is 0 Å². The zero-order valence-electron chi connectivity index (χ0n) is 11.8. The molecule has 1 fully saturated rings. The highest BCUT2D eigenvalue weighted by molar-refractivity contribution is 5.94. The molecule has 2 rings (SSSR count). The van der Waals surface area contributed by atoms with Crippen molar-refractivity contribution in [3.63, 3.8) is 0 Å². The minimum Gasteiger partial charge on any atom is -0.435 e. The third kappa shape index (κ3) is 4.14. The maximum absolute atomic E-state index is 12.6. The zero-order chi connectivity index (χ0) is 15.2. The van der Waals surface area contributed by atoms with Crippen LogP contribution in [-0.2, 0) is 0 Å². The lowest BCUT2D eigenvalue weighted by Crippen LogP contribution is -2.42. The molecule has 0 bridgehead atoms. The van der Waals surface area contributed by atoms with Crippen LogP contribution in [-0.4, -0.2) is 36.5 Å². The molecule has 0 aromatic heterocycles. The fourth-order valence-electron chi connectivity index (χ4n) is 2.78. The molecule has 0 saturated heterocycles. The van der Waals surface area contributed by atoms with Gasteiger partial charge in [0.1, 0.15) is 5.75 Å². The van der Waals surface area contributed by atoms with E-state index in [0.29, 0.717) is 18.7 Å². The fourth-order valence-corrected chi connectivity index (χ4v) is 2.78. The molecule has 1 aliphatic carbocycles. The number of carbonyl (C=O) groups excluding carboxylic acids is 1. The van der Waals surface area contributed by atoms with E-state index in [0.717, 1.165) is 25.7 Å². The minimum absolute atomic E-state index is 0.00466. The smallest absolute Gasteiger partial charge is 0.387 e. The Hall–Kier alpha value is -1.69. The van der Waals surface area contributed by atoms with Crippen molar-refractivity contribution in [2.45, 2.75) is 38.3 Å². The molecule has 0 atom stereocenters. The van der Waals surface area contributed by atoms with Gasteiger partial charge in [-0.15, -0.1) is 0 Å². The van der Waals surface area contributed by atoms with Crippen LogP contribution in [0, 0.1) is 0 Å². The lowest BCUT2D eigenvalue weighted by atomic mass is 10.1. The van der Waals surface area contributed by atoms with Gasteiger partial charge in [-0.25, -0.2) is 0 Å². The van der Waals surface area contributed by atoms with Gasteiger partial charge in [-0.1, -0.05) is 18.9 Å².